The Morgan fingerprint density at radius 3 is 2.00 bits per heavy atom. The summed E-state index contributed by atoms with van der Waals surface area (Å²) in [6, 6.07) is 0. The van der Waals surface area contributed by atoms with E-state index in [4.69, 9.17) is 13.5 Å². The van der Waals surface area contributed by atoms with E-state index in [0.717, 1.165) is 0 Å². The summed E-state index contributed by atoms with van der Waals surface area (Å²) in [4.78, 5) is 0. The minimum absolute atomic E-state index is 0.0103. The molecule has 0 aliphatic heterocycles. The Bertz CT molecular complexity index is 403. The maximum atomic E-state index is 12.5. The predicted octanol–water partition coefficient (Wildman–Crippen LogP) is 3.18. The van der Waals surface area contributed by atoms with Crippen LogP contribution >= 0.6 is 7.60 Å². The zero-order valence-corrected chi connectivity index (χ0v) is 12.4. The highest BCUT2D eigenvalue weighted by Gasteiger charge is 2.30. The number of rotatable bonds is 7. The molecule has 1 aromatic rings. The van der Waals surface area contributed by atoms with Crippen LogP contribution in [0.2, 0.25) is 0 Å². The lowest BCUT2D eigenvalue weighted by molar-refractivity contribution is 0.140. The fourth-order valence-corrected chi connectivity index (χ4v) is 3.35. The molecule has 1 rings (SSSR count). The molecule has 6 nitrogen and oxygen atoms in total. The molecule has 7 heteroatoms. The number of aryl methyl sites for hydroxylation is 1. The topological polar surface area (TPSA) is 74.5 Å². The van der Waals surface area contributed by atoms with Crippen LogP contribution < -0.4 is 0 Å². The van der Waals surface area contributed by atoms with Crippen molar-refractivity contribution < 1.29 is 18.0 Å². The lowest BCUT2D eigenvalue weighted by atomic mass is 10.5. The van der Waals surface area contributed by atoms with Gasteiger partial charge in [0.25, 0.3) is 0 Å². The maximum absolute atomic E-state index is 12.5. The summed E-state index contributed by atoms with van der Waals surface area (Å²) in [7, 11) is -3.25. The van der Waals surface area contributed by atoms with Gasteiger partial charge in [0.1, 0.15) is 6.16 Å². The summed E-state index contributed by atoms with van der Waals surface area (Å²) in [6.07, 6.45) is 0.273. The average molecular weight is 276 g/mol. The predicted molar refractivity (Wildman–Crippen MR) is 67.4 cm³/mol. The molecule has 0 aliphatic rings. The fourth-order valence-electron chi connectivity index (χ4n) is 1.40. The standard InChI is InChI=1S/C11H21N2O4P/c1-6-10-12-13-11(15-10)7-18(14,16-8(2)3)17-9(4)5/h8-9H,6-7H2,1-5H3. The first-order chi connectivity index (χ1) is 8.34. The van der Waals surface area contributed by atoms with Gasteiger partial charge in [-0.2, -0.15) is 0 Å². The molecule has 0 unspecified atom stereocenters. The van der Waals surface area contributed by atoms with Crippen LogP contribution in [0.1, 0.15) is 46.4 Å². The van der Waals surface area contributed by atoms with Gasteiger partial charge < -0.3 is 13.5 Å². The molecule has 0 aromatic carbocycles. The highest BCUT2D eigenvalue weighted by Crippen LogP contribution is 2.53. The monoisotopic (exact) mass is 276 g/mol. The number of hydrogen-bond acceptors (Lipinski definition) is 6. The molecule has 18 heavy (non-hydrogen) atoms. The van der Waals surface area contributed by atoms with Crippen LogP contribution in [0.4, 0.5) is 0 Å². The smallest absolute Gasteiger partial charge is 0.340 e. The lowest BCUT2D eigenvalue weighted by Crippen LogP contribution is -2.09. The van der Waals surface area contributed by atoms with Crippen LogP contribution in [-0.4, -0.2) is 22.4 Å². The van der Waals surface area contributed by atoms with Crippen molar-refractivity contribution in [2.45, 2.75) is 59.4 Å². The Morgan fingerprint density at radius 2 is 1.61 bits per heavy atom. The summed E-state index contributed by atoms with van der Waals surface area (Å²) in [5, 5.41) is 7.67. The summed E-state index contributed by atoms with van der Waals surface area (Å²) in [5.74, 6) is 0.808. The summed E-state index contributed by atoms with van der Waals surface area (Å²) in [6.45, 7) is 9.14. The van der Waals surface area contributed by atoms with Gasteiger partial charge in [0, 0.05) is 6.42 Å². The summed E-state index contributed by atoms with van der Waals surface area (Å²) in [5.41, 5.74) is 0. The first-order valence-corrected chi connectivity index (χ1v) is 7.84. The Labute approximate surface area is 108 Å². The molecule has 0 amide bonds. The SMILES string of the molecule is CCc1nnc(CP(=O)(OC(C)C)OC(C)C)o1. The first kappa shape index (κ1) is 15.3. The van der Waals surface area contributed by atoms with E-state index < -0.39 is 7.60 Å². The third kappa shape index (κ3) is 4.88. The van der Waals surface area contributed by atoms with Gasteiger partial charge in [0.2, 0.25) is 11.8 Å². The second kappa shape index (κ2) is 6.45. The Morgan fingerprint density at radius 1 is 1.11 bits per heavy atom. The van der Waals surface area contributed by atoms with Crippen LogP contribution in [0.5, 0.6) is 0 Å². The Balaban J connectivity index is 2.80. The minimum Gasteiger partial charge on any atom is -0.425 e. The van der Waals surface area contributed by atoms with Gasteiger partial charge in [-0.15, -0.1) is 10.2 Å². The maximum Gasteiger partial charge on any atom is 0.340 e. The molecular formula is C11H21N2O4P. The molecular weight excluding hydrogens is 255 g/mol. The lowest BCUT2D eigenvalue weighted by Gasteiger charge is -2.21. The van der Waals surface area contributed by atoms with Gasteiger partial charge in [-0.1, -0.05) is 6.92 Å². The van der Waals surface area contributed by atoms with Crippen LogP contribution in [-0.2, 0) is 26.2 Å². The zero-order chi connectivity index (χ0) is 13.8. The van der Waals surface area contributed by atoms with Gasteiger partial charge in [0.05, 0.1) is 12.2 Å². The van der Waals surface area contributed by atoms with Crippen LogP contribution in [0.25, 0.3) is 0 Å². The highest BCUT2D eigenvalue weighted by atomic mass is 31.2. The zero-order valence-electron chi connectivity index (χ0n) is 11.5. The minimum atomic E-state index is -3.25. The van der Waals surface area contributed by atoms with E-state index >= 15 is 0 Å². The molecule has 0 spiro atoms. The molecule has 1 aromatic heterocycles. The second-order valence-electron chi connectivity index (χ2n) is 4.52. The quantitative estimate of drug-likeness (QED) is 0.712. The third-order valence-corrected chi connectivity index (χ3v) is 4.03. The number of nitrogens with zero attached hydrogens (tertiary/aromatic N) is 2. The van der Waals surface area contributed by atoms with Crippen molar-refractivity contribution in [3.8, 4) is 0 Å². The van der Waals surface area contributed by atoms with Crippen LogP contribution in [0.15, 0.2) is 4.42 Å². The van der Waals surface area contributed by atoms with Crippen molar-refractivity contribution in [2.24, 2.45) is 0 Å². The Hall–Kier alpha value is -0.710. The van der Waals surface area contributed by atoms with Crippen molar-refractivity contribution in [3.63, 3.8) is 0 Å². The van der Waals surface area contributed by atoms with Crippen molar-refractivity contribution >= 4 is 7.60 Å². The van der Waals surface area contributed by atoms with Crippen LogP contribution in [0.3, 0.4) is 0 Å². The molecule has 0 aliphatic carbocycles. The van der Waals surface area contributed by atoms with E-state index in [2.05, 4.69) is 10.2 Å². The van der Waals surface area contributed by atoms with E-state index in [0.29, 0.717) is 12.3 Å². The van der Waals surface area contributed by atoms with E-state index in [1.54, 1.807) is 0 Å². The first-order valence-electron chi connectivity index (χ1n) is 6.11. The largest absolute Gasteiger partial charge is 0.425 e. The molecule has 0 saturated heterocycles. The van der Waals surface area contributed by atoms with E-state index in [1.165, 1.54) is 0 Å². The third-order valence-electron chi connectivity index (χ3n) is 1.88. The molecule has 0 radical (unpaired) electrons. The molecule has 0 N–H and O–H groups in total. The molecule has 1 heterocycles. The Kier molecular flexibility index (Phi) is 5.50. The molecule has 0 atom stereocenters. The van der Waals surface area contributed by atoms with E-state index in [1.807, 2.05) is 34.6 Å². The molecule has 0 saturated carbocycles. The van der Waals surface area contributed by atoms with E-state index in [9.17, 15) is 4.57 Å². The normalized spacial score (nSPS) is 12.6. The van der Waals surface area contributed by atoms with Gasteiger partial charge in [-0.25, -0.2) is 0 Å². The van der Waals surface area contributed by atoms with Gasteiger partial charge in [0.15, 0.2) is 0 Å². The molecule has 0 bridgehead atoms. The van der Waals surface area contributed by atoms with Gasteiger partial charge in [-0.3, -0.25) is 4.57 Å². The number of aromatic nitrogens is 2. The van der Waals surface area contributed by atoms with Crippen molar-refractivity contribution in [1.82, 2.24) is 10.2 Å². The van der Waals surface area contributed by atoms with Crippen molar-refractivity contribution in [3.05, 3.63) is 11.8 Å². The second-order valence-corrected chi connectivity index (χ2v) is 6.48. The number of hydrogen-bond donors (Lipinski definition) is 0. The molecule has 104 valence electrons. The highest BCUT2D eigenvalue weighted by molar-refractivity contribution is 7.53. The molecule has 0 fully saturated rings. The van der Waals surface area contributed by atoms with Crippen molar-refractivity contribution in [2.75, 3.05) is 0 Å². The fraction of sp³-hybridized carbons (Fsp3) is 0.818. The van der Waals surface area contributed by atoms with Crippen molar-refractivity contribution in [1.29, 1.82) is 0 Å². The van der Waals surface area contributed by atoms with Crippen LogP contribution in [0, 0.1) is 0 Å². The van der Waals surface area contributed by atoms with Gasteiger partial charge in [-0.05, 0) is 27.7 Å². The van der Waals surface area contributed by atoms with Gasteiger partial charge >= 0.3 is 7.60 Å². The summed E-state index contributed by atoms with van der Waals surface area (Å²) < 4.78 is 28.7. The average Bonchev–Trinajstić information content (AvgIpc) is 2.61. The van der Waals surface area contributed by atoms with E-state index in [-0.39, 0.29) is 24.3 Å². The summed E-state index contributed by atoms with van der Waals surface area (Å²) >= 11 is 0.